The van der Waals surface area contributed by atoms with Crippen LogP contribution in [0.1, 0.15) is 19.3 Å². The number of hydrogen-bond acceptors (Lipinski definition) is 5. The fourth-order valence-corrected chi connectivity index (χ4v) is 4.98. The Morgan fingerprint density at radius 3 is 3.18 bits per heavy atom. The quantitative estimate of drug-likeness (QED) is 0.804. The monoisotopic (exact) mass is 277 g/mol. The highest BCUT2D eigenvalue weighted by molar-refractivity contribution is 8.00. The highest BCUT2D eigenvalue weighted by Crippen LogP contribution is 2.41. The predicted octanol–water partition coefficient (Wildman–Crippen LogP) is 1.19. The van der Waals surface area contributed by atoms with Crippen LogP contribution in [0.15, 0.2) is 0 Å². The molecule has 0 saturated carbocycles. The van der Waals surface area contributed by atoms with E-state index in [0.717, 1.165) is 31.6 Å². The molecule has 2 aliphatic rings. The van der Waals surface area contributed by atoms with Crippen LogP contribution in [0, 0.1) is 0 Å². The van der Waals surface area contributed by atoms with Gasteiger partial charge >= 0.3 is 5.97 Å². The van der Waals surface area contributed by atoms with Crippen LogP contribution in [0.2, 0.25) is 0 Å². The number of ether oxygens (including phenoxy) is 1. The Morgan fingerprint density at radius 2 is 2.53 bits per heavy atom. The smallest absolute Gasteiger partial charge is 0.321 e. The average Bonchev–Trinajstić information content (AvgIpc) is 2.74. The van der Waals surface area contributed by atoms with E-state index in [0.29, 0.717) is 11.0 Å². The fraction of sp³-hybridized carbons (Fsp3) is 0.909. The molecular weight excluding hydrogens is 258 g/mol. The van der Waals surface area contributed by atoms with Crippen molar-refractivity contribution in [1.82, 2.24) is 0 Å². The lowest BCUT2D eigenvalue weighted by Gasteiger charge is -2.37. The third kappa shape index (κ3) is 3.53. The number of rotatable bonds is 4. The average molecular weight is 277 g/mol. The molecule has 6 heteroatoms. The Hall–Kier alpha value is 0.0900. The fourth-order valence-electron chi connectivity index (χ4n) is 2.30. The van der Waals surface area contributed by atoms with Crippen LogP contribution in [0.4, 0.5) is 0 Å². The molecule has 0 aliphatic carbocycles. The van der Waals surface area contributed by atoms with Crippen LogP contribution >= 0.6 is 23.5 Å². The summed E-state index contributed by atoms with van der Waals surface area (Å²) >= 11 is 3.66. The molecule has 0 bridgehead atoms. The van der Waals surface area contributed by atoms with Crippen molar-refractivity contribution in [1.29, 1.82) is 0 Å². The molecule has 0 aromatic rings. The molecule has 4 nitrogen and oxygen atoms in total. The first-order valence-electron chi connectivity index (χ1n) is 5.93. The van der Waals surface area contributed by atoms with Gasteiger partial charge in [0.25, 0.3) is 0 Å². The van der Waals surface area contributed by atoms with Crippen molar-refractivity contribution in [3.05, 3.63) is 0 Å². The standard InChI is InChI=1S/C11H19NO3S2/c12-9(10(13)14)6-17-8-1-3-15-11(5-8)2-4-16-7-11/h8-9H,1-7,12H2,(H,13,14). The number of carbonyl (C=O) groups is 1. The minimum atomic E-state index is -0.907. The lowest BCUT2D eigenvalue weighted by molar-refractivity contribution is -0.137. The molecule has 3 N–H and O–H groups in total. The van der Waals surface area contributed by atoms with Crippen molar-refractivity contribution in [3.63, 3.8) is 0 Å². The number of hydrogen-bond donors (Lipinski definition) is 2. The maximum Gasteiger partial charge on any atom is 0.321 e. The molecule has 3 atom stereocenters. The van der Waals surface area contributed by atoms with E-state index in [1.54, 1.807) is 11.8 Å². The van der Waals surface area contributed by atoms with E-state index in [1.165, 1.54) is 5.75 Å². The van der Waals surface area contributed by atoms with Crippen molar-refractivity contribution in [3.8, 4) is 0 Å². The third-order valence-electron chi connectivity index (χ3n) is 3.34. The zero-order chi connectivity index (χ0) is 12.3. The van der Waals surface area contributed by atoms with Crippen LogP contribution in [-0.2, 0) is 9.53 Å². The summed E-state index contributed by atoms with van der Waals surface area (Å²) in [6.07, 6.45) is 3.21. The Morgan fingerprint density at radius 1 is 1.71 bits per heavy atom. The number of thioether (sulfide) groups is 2. The van der Waals surface area contributed by atoms with E-state index in [4.69, 9.17) is 15.6 Å². The molecule has 0 radical (unpaired) electrons. The predicted molar refractivity (Wildman–Crippen MR) is 71.7 cm³/mol. The van der Waals surface area contributed by atoms with Crippen molar-refractivity contribution in [2.24, 2.45) is 5.73 Å². The Labute approximate surface area is 110 Å². The molecule has 1 spiro atoms. The molecule has 2 heterocycles. The highest BCUT2D eigenvalue weighted by Gasteiger charge is 2.40. The lowest BCUT2D eigenvalue weighted by atomic mass is 9.93. The first-order valence-corrected chi connectivity index (χ1v) is 8.13. The Bertz CT molecular complexity index is 282. The third-order valence-corrected chi connectivity index (χ3v) is 5.99. The van der Waals surface area contributed by atoms with Crippen LogP contribution in [-0.4, -0.2) is 51.8 Å². The minimum Gasteiger partial charge on any atom is -0.480 e. The SMILES string of the molecule is NC(CSC1CCOC2(CCSC2)C1)C(=O)O. The minimum absolute atomic E-state index is 0.0773. The first kappa shape index (κ1) is 13.5. The van der Waals surface area contributed by atoms with Crippen LogP contribution in [0.5, 0.6) is 0 Å². The summed E-state index contributed by atoms with van der Waals surface area (Å²) in [4.78, 5) is 10.7. The Kier molecular flexibility index (Phi) is 4.63. The second kappa shape index (κ2) is 5.82. The number of aliphatic carboxylic acids is 1. The summed E-state index contributed by atoms with van der Waals surface area (Å²) in [5.41, 5.74) is 5.60. The maximum atomic E-state index is 10.7. The molecule has 98 valence electrons. The molecule has 2 fully saturated rings. The van der Waals surface area contributed by atoms with Gasteiger partial charge in [-0.05, 0) is 25.0 Å². The second-order valence-electron chi connectivity index (χ2n) is 4.73. The summed E-state index contributed by atoms with van der Waals surface area (Å²) in [6.45, 7) is 0.806. The van der Waals surface area contributed by atoms with Gasteiger partial charge in [0.1, 0.15) is 6.04 Å². The van der Waals surface area contributed by atoms with Gasteiger partial charge in [0.2, 0.25) is 0 Å². The van der Waals surface area contributed by atoms with Gasteiger partial charge in [0.15, 0.2) is 0 Å². The zero-order valence-corrected chi connectivity index (χ0v) is 11.4. The van der Waals surface area contributed by atoms with E-state index in [1.807, 2.05) is 11.8 Å². The van der Waals surface area contributed by atoms with Crippen LogP contribution in [0.3, 0.4) is 0 Å². The molecule has 3 unspecified atom stereocenters. The van der Waals surface area contributed by atoms with Gasteiger partial charge in [-0.2, -0.15) is 23.5 Å². The van der Waals surface area contributed by atoms with Gasteiger partial charge < -0.3 is 15.6 Å². The van der Waals surface area contributed by atoms with Crippen molar-refractivity contribution in [2.75, 3.05) is 23.9 Å². The normalized spacial score (nSPS) is 35.0. The second-order valence-corrected chi connectivity index (χ2v) is 7.17. The van der Waals surface area contributed by atoms with Gasteiger partial charge in [-0.15, -0.1) is 0 Å². The number of nitrogens with two attached hydrogens (primary N) is 1. The van der Waals surface area contributed by atoms with E-state index < -0.39 is 12.0 Å². The van der Waals surface area contributed by atoms with Gasteiger partial charge in [-0.1, -0.05) is 0 Å². The highest BCUT2D eigenvalue weighted by atomic mass is 32.2. The van der Waals surface area contributed by atoms with Crippen LogP contribution < -0.4 is 5.73 Å². The van der Waals surface area contributed by atoms with Crippen LogP contribution in [0.25, 0.3) is 0 Å². The van der Waals surface area contributed by atoms with Gasteiger partial charge in [0.05, 0.1) is 5.60 Å². The molecule has 0 amide bonds. The van der Waals surface area contributed by atoms with Gasteiger partial charge in [0, 0.05) is 23.4 Å². The number of carboxylic acids is 1. The zero-order valence-electron chi connectivity index (χ0n) is 9.76. The largest absolute Gasteiger partial charge is 0.480 e. The molecule has 0 aromatic heterocycles. The number of carboxylic acid groups (broad SMARTS) is 1. The van der Waals surface area contributed by atoms with Crippen molar-refractivity contribution in [2.45, 2.75) is 36.2 Å². The molecular formula is C11H19NO3S2. The topological polar surface area (TPSA) is 72.5 Å². The van der Waals surface area contributed by atoms with E-state index >= 15 is 0 Å². The first-order chi connectivity index (χ1) is 8.11. The summed E-state index contributed by atoms with van der Waals surface area (Å²) in [5.74, 6) is 1.88. The van der Waals surface area contributed by atoms with Crippen molar-refractivity contribution >= 4 is 29.5 Å². The summed E-state index contributed by atoms with van der Waals surface area (Å²) in [7, 11) is 0. The van der Waals surface area contributed by atoms with E-state index in [9.17, 15) is 4.79 Å². The molecule has 0 aromatic carbocycles. The van der Waals surface area contributed by atoms with Crippen molar-refractivity contribution < 1.29 is 14.6 Å². The molecule has 2 rings (SSSR count). The molecule has 2 saturated heterocycles. The van der Waals surface area contributed by atoms with E-state index in [2.05, 4.69) is 0 Å². The lowest BCUT2D eigenvalue weighted by Crippen LogP contribution is -2.42. The summed E-state index contributed by atoms with van der Waals surface area (Å²) in [5, 5.41) is 9.26. The Balaban J connectivity index is 1.79. The van der Waals surface area contributed by atoms with Gasteiger partial charge in [-0.3, -0.25) is 4.79 Å². The summed E-state index contributed by atoms with van der Waals surface area (Å²) in [6, 6.07) is -0.739. The van der Waals surface area contributed by atoms with Gasteiger partial charge in [-0.25, -0.2) is 0 Å². The maximum absolute atomic E-state index is 10.7. The molecule has 2 aliphatic heterocycles. The summed E-state index contributed by atoms with van der Waals surface area (Å²) < 4.78 is 5.93. The van der Waals surface area contributed by atoms with E-state index in [-0.39, 0.29) is 5.60 Å². The molecule has 17 heavy (non-hydrogen) atoms.